The van der Waals surface area contributed by atoms with Gasteiger partial charge in [-0.25, -0.2) is 9.59 Å². The lowest BCUT2D eigenvalue weighted by molar-refractivity contribution is 0.0477. The van der Waals surface area contributed by atoms with Crippen LogP contribution in [0.15, 0.2) is 84.9 Å². The summed E-state index contributed by atoms with van der Waals surface area (Å²) in [5, 5.41) is 10.5. The minimum absolute atomic E-state index is 0.113. The molecule has 0 saturated carbocycles. The molecule has 0 saturated heterocycles. The number of benzene rings is 4. The number of aliphatic hydroxyl groups excluding tert-OH is 1. The number of hydrogen-bond acceptors (Lipinski definition) is 7. The third-order valence-corrected chi connectivity index (χ3v) is 6.79. The first-order chi connectivity index (χ1) is 19.6. The minimum Gasteiger partial charge on any atom is -0.462 e. The Hall–Kier alpha value is -4.62. The summed E-state index contributed by atoms with van der Waals surface area (Å²) in [4.78, 5) is 25.1. The lowest BCUT2D eigenvalue weighted by Crippen LogP contribution is -2.12. The number of carbonyl (C=O) groups excluding carboxylic acids is 2. The molecule has 7 nitrogen and oxygen atoms in total. The molecule has 6 rings (SSSR count). The maximum atomic E-state index is 12.5. The van der Waals surface area contributed by atoms with Crippen molar-refractivity contribution >= 4 is 11.9 Å². The van der Waals surface area contributed by atoms with Crippen LogP contribution in [0.1, 0.15) is 62.2 Å². The van der Waals surface area contributed by atoms with Crippen molar-refractivity contribution in [3.63, 3.8) is 0 Å². The Labute approximate surface area is 231 Å². The molecule has 40 heavy (non-hydrogen) atoms. The van der Waals surface area contributed by atoms with Crippen LogP contribution < -0.4 is 9.47 Å². The highest BCUT2D eigenvalue weighted by atomic mass is 16.5. The van der Waals surface area contributed by atoms with Crippen LogP contribution in [-0.2, 0) is 9.47 Å². The molecule has 7 heteroatoms. The maximum absolute atomic E-state index is 12.5. The Balaban J connectivity index is 0.924. The van der Waals surface area contributed by atoms with Crippen molar-refractivity contribution in [3.8, 4) is 23.0 Å². The topological polar surface area (TPSA) is 91.3 Å². The van der Waals surface area contributed by atoms with Crippen molar-refractivity contribution in [2.75, 3.05) is 13.2 Å². The summed E-state index contributed by atoms with van der Waals surface area (Å²) in [6, 6.07) is 25.0. The molecule has 2 radical (unpaired) electrons. The Morgan fingerprint density at radius 1 is 0.600 bits per heavy atom. The molecule has 0 spiro atoms. The molecule has 0 fully saturated rings. The number of carbonyl (C=O) groups is 2. The monoisotopic (exact) mass is 534 g/mol. The summed E-state index contributed by atoms with van der Waals surface area (Å²) in [7, 11) is 0. The van der Waals surface area contributed by atoms with Crippen LogP contribution in [0.25, 0.3) is 0 Å². The molecule has 0 atom stereocenters. The van der Waals surface area contributed by atoms with Gasteiger partial charge in [0.2, 0.25) is 0 Å². The quantitative estimate of drug-likeness (QED) is 0.170. The number of para-hydroxylation sites is 2. The molecule has 0 bridgehead atoms. The van der Waals surface area contributed by atoms with Gasteiger partial charge < -0.3 is 24.1 Å². The van der Waals surface area contributed by atoms with Gasteiger partial charge in [-0.3, -0.25) is 0 Å². The average Bonchev–Trinajstić information content (AvgIpc) is 2.99. The summed E-state index contributed by atoms with van der Waals surface area (Å²) in [5.41, 5.74) is 3.82. The van der Waals surface area contributed by atoms with Gasteiger partial charge in [0.25, 0.3) is 0 Å². The summed E-state index contributed by atoms with van der Waals surface area (Å²) >= 11 is 0. The fourth-order valence-corrected chi connectivity index (χ4v) is 4.67. The molecule has 2 heterocycles. The molecule has 1 N–H and O–H groups in total. The number of esters is 2. The first-order valence-electron chi connectivity index (χ1n) is 13.1. The molecule has 0 amide bonds. The predicted molar refractivity (Wildman–Crippen MR) is 146 cm³/mol. The van der Waals surface area contributed by atoms with Crippen molar-refractivity contribution in [1.82, 2.24) is 0 Å². The molecule has 2 aliphatic heterocycles. The zero-order chi connectivity index (χ0) is 27.5. The van der Waals surface area contributed by atoms with Gasteiger partial charge in [0.15, 0.2) is 6.10 Å². The third-order valence-electron chi connectivity index (χ3n) is 6.79. The van der Waals surface area contributed by atoms with E-state index in [4.69, 9.17) is 18.9 Å². The van der Waals surface area contributed by atoms with Gasteiger partial charge in [-0.1, -0.05) is 48.5 Å². The molecule has 4 aromatic rings. The second-order valence-corrected chi connectivity index (χ2v) is 9.53. The average molecular weight is 535 g/mol. The Bertz CT molecular complexity index is 1580. The molecule has 0 aliphatic carbocycles. The number of rotatable bonds is 8. The summed E-state index contributed by atoms with van der Waals surface area (Å²) in [6.45, 7) is 0.508. The van der Waals surface area contributed by atoms with Gasteiger partial charge >= 0.3 is 11.9 Å². The summed E-state index contributed by atoms with van der Waals surface area (Å²) in [6.07, 6.45) is 4.15. The van der Waals surface area contributed by atoms with E-state index in [0.29, 0.717) is 52.3 Å². The lowest BCUT2D eigenvalue weighted by Gasteiger charge is -2.24. The molecular weight excluding hydrogens is 508 g/mol. The van der Waals surface area contributed by atoms with Crippen LogP contribution >= 0.6 is 0 Å². The first kappa shape index (κ1) is 25.6. The SMILES string of the molecule is O=C(OCCCCCOC(=O)c1ccc2c(c1)Oc1ccccc1[C]2O)c1ccc2c(c1)Oc1ccccc1[CH]2. The minimum atomic E-state index is -0.467. The molecular formula is C33H26O7. The van der Waals surface area contributed by atoms with Crippen molar-refractivity contribution in [2.24, 2.45) is 0 Å². The molecule has 2 aliphatic rings. The van der Waals surface area contributed by atoms with Crippen molar-refractivity contribution < 1.29 is 33.6 Å². The Morgan fingerprint density at radius 3 is 1.95 bits per heavy atom. The normalized spacial score (nSPS) is 13.0. The third kappa shape index (κ3) is 5.28. The highest BCUT2D eigenvalue weighted by Crippen LogP contribution is 2.42. The lowest BCUT2D eigenvalue weighted by atomic mass is 9.96. The van der Waals surface area contributed by atoms with E-state index in [1.165, 1.54) is 0 Å². The standard InChI is InChI=1S/C33H26O7/c34-31-25-9-3-5-11-28(25)40-30-20-24(14-15-26(30)31)33(36)38-17-7-1-6-16-37-32(35)23-13-12-22-18-21-8-2-4-10-27(21)39-29(22)19-23/h2-5,8-15,18-20,34H,1,6-7,16-17H2. The fourth-order valence-electron chi connectivity index (χ4n) is 4.67. The second-order valence-electron chi connectivity index (χ2n) is 9.53. The summed E-state index contributed by atoms with van der Waals surface area (Å²) < 4.78 is 22.6. The van der Waals surface area contributed by atoms with Crippen LogP contribution in [0.2, 0.25) is 0 Å². The molecule has 200 valence electrons. The van der Waals surface area contributed by atoms with Gasteiger partial charge in [0.05, 0.1) is 24.3 Å². The number of unbranched alkanes of at least 4 members (excludes halogenated alkanes) is 2. The van der Waals surface area contributed by atoms with Crippen LogP contribution in [0.4, 0.5) is 0 Å². The van der Waals surface area contributed by atoms with Gasteiger partial charge in [-0.05, 0) is 55.7 Å². The van der Waals surface area contributed by atoms with E-state index >= 15 is 0 Å². The summed E-state index contributed by atoms with van der Waals surface area (Å²) in [5.74, 6) is 1.44. The number of aliphatic hydroxyl groups is 1. The number of fused-ring (bicyclic) bond motifs is 4. The van der Waals surface area contributed by atoms with Crippen LogP contribution in [0, 0.1) is 12.5 Å². The largest absolute Gasteiger partial charge is 0.462 e. The smallest absolute Gasteiger partial charge is 0.338 e. The van der Waals surface area contributed by atoms with Crippen molar-refractivity contribution in [2.45, 2.75) is 19.3 Å². The number of ether oxygens (including phenoxy) is 4. The van der Waals surface area contributed by atoms with Crippen LogP contribution in [-0.4, -0.2) is 30.3 Å². The van der Waals surface area contributed by atoms with Crippen LogP contribution in [0.3, 0.4) is 0 Å². The molecule has 0 aromatic heterocycles. The molecule has 0 unspecified atom stereocenters. The van der Waals surface area contributed by atoms with E-state index in [1.807, 2.05) is 48.9 Å². The Kier molecular flexibility index (Phi) is 7.21. The maximum Gasteiger partial charge on any atom is 0.338 e. The zero-order valence-corrected chi connectivity index (χ0v) is 21.6. The van der Waals surface area contributed by atoms with Gasteiger partial charge in [0, 0.05) is 28.7 Å². The first-order valence-corrected chi connectivity index (χ1v) is 13.1. The predicted octanol–water partition coefficient (Wildman–Crippen LogP) is 6.98. The fraction of sp³-hybridized carbons (Fsp3) is 0.152. The van der Waals surface area contributed by atoms with Crippen LogP contribution in [0.5, 0.6) is 23.0 Å². The Morgan fingerprint density at radius 2 is 1.18 bits per heavy atom. The highest BCUT2D eigenvalue weighted by molar-refractivity contribution is 5.91. The van der Waals surface area contributed by atoms with E-state index < -0.39 is 11.9 Å². The highest BCUT2D eigenvalue weighted by Gasteiger charge is 2.27. The van der Waals surface area contributed by atoms with E-state index in [1.54, 1.807) is 42.5 Å². The van der Waals surface area contributed by atoms with E-state index in [0.717, 1.165) is 23.3 Å². The van der Waals surface area contributed by atoms with E-state index in [2.05, 4.69) is 0 Å². The molecule has 4 aromatic carbocycles. The zero-order valence-electron chi connectivity index (χ0n) is 21.6. The second kappa shape index (κ2) is 11.2. The van der Waals surface area contributed by atoms with E-state index in [-0.39, 0.29) is 19.3 Å². The van der Waals surface area contributed by atoms with Gasteiger partial charge in [0.1, 0.15) is 23.0 Å². The van der Waals surface area contributed by atoms with Gasteiger partial charge in [-0.15, -0.1) is 0 Å². The number of hydrogen-bond donors (Lipinski definition) is 1. The van der Waals surface area contributed by atoms with Crippen molar-refractivity contribution in [1.29, 1.82) is 0 Å². The van der Waals surface area contributed by atoms with E-state index in [9.17, 15) is 14.7 Å². The van der Waals surface area contributed by atoms with Crippen molar-refractivity contribution in [3.05, 3.63) is 131 Å². The van der Waals surface area contributed by atoms with Gasteiger partial charge in [-0.2, -0.15) is 0 Å².